The van der Waals surface area contributed by atoms with Crippen molar-refractivity contribution >= 4 is 0 Å². The van der Waals surface area contributed by atoms with E-state index in [4.69, 9.17) is 14.2 Å². The number of hydrogen-bond acceptors (Lipinski definition) is 4. The molecule has 1 N–H and O–H groups in total. The summed E-state index contributed by atoms with van der Waals surface area (Å²) in [5, 5.41) is 9.71. The zero-order valence-corrected chi connectivity index (χ0v) is 15.8. The number of phenolic OH excluding ortho intramolecular Hbond substituents is 1. The first-order valence-electron chi connectivity index (χ1n) is 8.74. The molecule has 0 aromatic heterocycles. The quantitative estimate of drug-likeness (QED) is 0.486. The average Bonchev–Trinajstić information content (AvgIpc) is 2.72. The molecule has 0 amide bonds. The van der Waals surface area contributed by atoms with Gasteiger partial charge in [0.1, 0.15) is 17.2 Å². The van der Waals surface area contributed by atoms with Crippen molar-refractivity contribution in [3.63, 3.8) is 0 Å². The molecule has 1 unspecified atom stereocenters. The van der Waals surface area contributed by atoms with Gasteiger partial charge in [-0.15, -0.1) is 0 Å². The molecule has 4 nitrogen and oxygen atoms in total. The molecule has 0 saturated heterocycles. The van der Waals surface area contributed by atoms with Gasteiger partial charge in [0, 0.05) is 12.5 Å². The first-order chi connectivity index (χ1) is 13.1. The van der Waals surface area contributed by atoms with Gasteiger partial charge in [-0.25, -0.2) is 0 Å². The molecular formula is C23H24O4. The predicted octanol–water partition coefficient (Wildman–Crippen LogP) is 4.74. The number of aromatic hydroxyl groups is 1. The minimum atomic E-state index is -0.403. The van der Waals surface area contributed by atoms with Crippen LogP contribution in [0.1, 0.15) is 23.6 Å². The summed E-state index contributed by atoms with van der Waals surface area (Å²) in [5.74, 6) is 1.82. The van der Waals surface area contributed by atoms with Crippen molar-refractivity contribution in [2.75, 3.05) is 21.0 Å². The molecule has 1 atom stereocenters. The minimum Gasteiger partial charge on any atom is -0.508 e. The average molecular weight is 364 g/mol. The molecule has 0 bridgehead atoms. The van der Waals surface area contributed by atoms with Crippen LogP contribution in [0, 0.1) is 0 Å². The zero-order valence-electron chi connectivity index (χ0n) is 15.8. The normalized spacial score (nSPS) is 13.0. The summed E-state index contributed by atoms with van der Waals surface area (Å²) in [5.41, 5.74) is 2.92. The minimum absolute atomic E-state index is 0.215. The Kier molecular flexibility index (Phi) is 5.67. The van der Waals surface area contributed by atoms with E-state index in [-0.39, 0.29) is 12.5 Å². The highest BCUT2D eigenvalue weighted by molar-refractivity contribution is 5.52. The zero-order chi connectivity index (χ0) is 19.3. The summed E-state index contributed by atoms with van der Waals surface area (Å²) in [6, 6.07) is 23.4. The van der Waals surface area contributed by atoms with E-state index in [2.05, 4.69) is 31.2 Å². The fourth-order valence-corrected chi connectivity index (χ4v) is 3.23. The first-order valence-corrected chi connectivity index (χ1v) is 8.74. The van der Waals surface area contributed by atoms with E-state index in [9.17, 15) is 5.11 Å². The van der Waals surface area contributed by atoms with Gasteiger partial charge in [-0.05, 0) is 60.0 Å². The molecule has 4 heteroatoms. The van der Waals surface area contributed by atoms with Crippen molar-refractivity contribution in [3.8, 4) is 17.2 Å². The fraction of sp³-hybridized carbons (Fsp3) is 0.217. The summed E-state index contributed by atoms with van der Waals surface area (Å²) >= 11 is 0. The lowest BCUT2D eigenvalue weighted by Crippen LogP contribution is -2.25. The van der Waals surface area contributed by atoms with Crippen LogP contribution in [0.4, 0.5) is 0 Å². The van der Waals surface area contributed by atoms with Gasteiger partial charge < -0.3 is 19.3 Å². The lowest BCUT2D eigenvalue weighted by Gasteiger charge is -2.32. The number of ether oxygens (including phenoxy) is 3. The molecule has 0 fully saturated rings. The smallest absolute Gasteiger partial charge is 0.188 e. The number of hydrogen-bond donors (Lipinski definition) is 1. The molecule has 140 valence electrons. The predicted molar refractivity (Wildman–Crippen MR) is 106 cm³/mol. The SMILES string of the molecule is COCOc1ccc(C(C)(c2ccc(O)cc2)c2ccc(OC)cc2)cc1. The molecule has 27 heavy (non-hydrogen) atoms. The van der Waals surface area contributed by atoms with E-state index in [0.29, 0.717) is 0 Å². The Morgan fingerprint density at radius 1 is 0.704 bits per heavy atom. The molecular weight excluding hydrogens is 340 g/mol. The van der Waals surface area contributed by atoms with Crippen LogP contribution in [0.25, 0.3) is 0 Å². The highest BCUT2D eigenvalue weighted by Gasteiger charge is 2.31. The second-order valence-electron chi connectivity index (χ2n) is 6.48. The lowest BCUT2D eigenvalue weighted by atomic mass is 9.71. The van der Waals surface area contributed by atoms with Crippen LogP contribution >= 0.6 is 0 Å². The molecule has 0 aliphatic heterocycles. The van der Waals surface area contributed by atoms with Crippen LogP contribution in [-0.2, 0) is 10.2 Å². The first kappa shape index (κ1) is 18.8. The van der Waals surface area contributed by atoms with Crippen molar-refractivity contribution in [1.29, 1.82) is 0 Å². The van der Waals surface area contributed by atoms with E-state index < -0.39 is 5.41 Å². The van der Waals surface area contributed by atoms with Gasteiger partial charge in [0.25, 0.3) is 0 Å². The number of rotatable bonds is 7. The van der Waals surface area contributed by atoms with Gasteiger partial charge >= 0.3 is 0 Å². The van der Waals surface area contributed by atoms with Crippen molar-refractivity contribution in [2.24, 2.45) is 0 Å². The van der Waals surface area contributed by atoms with Gasteiger partial charge in [-0.1, -0.05) is 36.4 Å². The molecule has 3 aromatic carbocycles. The Hall–Kier alpha value is -2.98. The maximum atomic E-state index is 9.71. The summed E-state index contributed by atoms with van der Waals surface area (Å²) in [6.45, 7) is 2.39. The third-order valence-corrected chi connectivity index (χ3v) is 4.89. The maximum absolute atomic E-state index is 9.71. The van der Waals surface area contributed by atoms with Crippen LogP contribution < -0.4 is 9.47 Å². The Bertz CT molecular complexity index is 854. The van der Waals surface area contributed by atoms with Gasteiger partial charge in [0.15, 0.2) is 6.79 Å². The van der Waals surface area contributed by atoms with Crippen molar-refractivity contribution in [3.05, 3.63) is 89.5 Å². The number of phenols is 1. The summed E-state index contributed by atoms with van der Waals surface area (Å²) in [6.07, 6.45) is 0. The van der Waals surface area contributed by atoms with E-state index in [1.165, 1.54) is 0 Å². The maximum Gasteiger partial charge on any atom is 0.188 e. The van der Waals surface area contributed by atoms with Crippen LogP contribution in [-0.4, -0.2) is 26.1 Å². The molecule has 0 aliphatic carbocycles. The highest BCUT2D eigenvalue weighted by Crippen LogP contribution is 2.40. The molecule has 0 aliphatic rings. The second-order valence-corrected chi connectivity index (χ2v) is 6.48. The van der Waals surface area contributed by atoms with Crippen LogP contribution in [0.3, 0.4) is 0 Å². The molecule has 0 heterocycles. The number of benzene rings is 3. The highest BCUT2D eigenvalue weighted by atomic mass is 16.7. The Balaban J connectivity index is 2.07. The summed E-state index contributed by atoms with van der Waals surface area (Å²) in [7, 11) is 3.26. The Morgan fingerprint density at radius 2 is 1.15 bits per heavy atom. The van der Waals surface area contributed by atoms with E-state index in [1.54, 1.807) is 26.4 Å². The topological polar surface area (TPSA) is 47.9 Å². The third-order valence-electron chi connectivity index (χ3n) is 4.89. The molecule has 0 saturated carbocycles. The van der Waals surface area contributed by atoms with Gasteiger partial charge in [-0.2, -0.15) is 0 Å². The standard InChI is InChI=1S/C23H24O4/c1-23(17-4-10-20(24)11-5-17,18-6-12-21(26-3)13-7-18)19-8-14-22(15-9-19)27-16-25-2/h4-15,24H,16H2,1-3H3. The van der Waals surface area contributed by atoms with E-state index in [0.717, 1.165) is 28.2 Å². The van der Waals surface area contributed by atoms with Gasteiger partial charge in [0.2, 0.25) is 0 Å². The van der Waals surface area contributed by atoms with Crippen LogP contribution in [0.5, 0.6) is 17.2 Å². The van der Waals surface area contributed by atoms with Crippen molar-refractivity contribution in [2.45, 2.75) is 12.3 Å². The molecule has 3 aromatic rings. The third kappa shape index (κ3) is 3.91. The Morgan fingerprint density at radius 3 is 1.59 bits per heavy atom. The van der Waals surface area contributed by atoms with Crippen LogP contribution in [0.15, 0.2) is 72.8 Å². The molecule has 3 rings (SSSR count). The molecule has 0 radical (unpaired) electrons. The largest absolute Gasteiger partial charge is 0.508 e. The van der Waals surface area contributed by atoms with Crippen molar-refractivity contribution in [1.82, 2.24) is 0 Å². The van der Waals surface area contributed by atoms with Gasteiger partial charge in [-0.3, -0.25) is 0 Å². The van der Waals surface area contributed by atoms with E-state index >= 15 is 0 Å². The molecule has 0 spiro atoms. The van der Waals surface area contributed by atoms with Crippen LogP contribution in [0.2, 0.25) is 0 Å². The lowest BCUT2D eigenvalue weighted by molar-refractivity contribution is 0.0511. The second kappa shape index (κ2) is 8.14. The monoisotopic (exact) mass is 364 g/mol. The van der Waals surface area contributed by atoms with Gasteiger partial charge in [0.05, 0.1) is 7.11 Å². The summed E-state index contributed by atoms with van der Waals surface area (Å²) in [4.78, 5) is 0. The Labute approximate surface area is 160 Å². The fourth-order valence-electron chi connectivity index (χ4n) is 3.23. The van der Waals surface area contributed by atoms with Crippen molar-refractivity contribution < 1.29 is 19.3 Å². The summed E-state index contributed by atoms with van der Waals surface area (Å²) < 4.78 is 15.8. The van der Waals surface area contributed by atoms with E-state index in [1.807, 2.05) is 36.4 Å². The number of methoxy groups -OCH3 is 2.